The van der Waals surface area contributed by atoms with Crippen molar-refractivity contribution in [1.29, 1.82) is 0 Å². The standard InChI is InChI=1S/C13H16ClNO4/c1-8(2)12(13(17)18)15-11(16)7-19-10-6-4-3-5-9(10)14/h3-6,8,12H,7H2,1-2H3,(H,15,16)(H,17,18)/p-1/t12-/m1/s1. The fourth-order valence-electron chi connectivity index (χ4n) is 1.42. The lowest BCUT2D eigenvalue weighted by Crippen LogP contribution is -2.51. The Hall–Kier alpha value is -1.75. The second-order valence-corrected chi connectivity index (χ2v) is 4.73. The van der Waals surface area contributed by atoms with Gasteiger partial charge in [-0.25, -0.2) is 0 Å². The van der Waals surface area contributed by atoms with Gasteiger partial charge < -0.3 is 20.0 Å². The molecule has 0 aliphatic heterocycles. The molecule has 5 nitrogen and oxygen atoms in total. The zero-order chi connectivity index (χ0) is 14.4. The summed E-state index contributed by atoms with van der Waals surface area (Å²) in [4.78, 5) is 22.4. The van der Waals surface area contributed by atoms with Gasteiger partial charge in [0.25, 0.3) is 5.91 Å². The first-order valence-corrected chi connectivity index (χ1v) is 6.17. The summed E-state index contributed by atoms with van der Waals surface area (Å²) in [5.41, 5.74) is 0. The number of aliphatic carboxylic acids is 1. The van der Waals surface area contributed by atoms with Crippen LogP contribution in [0.2, 0.25) is 5.02 Å². The van der Waals surface area contributed by atoms with Crippen molar-refractivity contribution in [2.75, 3.05) is 6.61 Å². The molecule has 1 aromatic carbocycles. The summed E-state index contributed by atoms with van der Waals surface area (Å²) in [5, 5.41) is 13.5. The summed E-state index contributed by atoms with van der Waals surface area (Å²) in [6, 6.07) is 5.67. The predicted octanol–water partition coefficient (Wildman–Crippen LogP) is 0.609. The third-order valence-corrected chi connectivity index (χ3v) is 2.74. The third kappa shape index (κ3) is 4.79. The van der Waals surface area contributed by atoms with Gasteiger partial charge in [0.1, 0.15) is 5.75 Å². The molecule has 1 rings (SSSR count). The van der Waals surface area contributed by atoms with Gasteiger partial charge in [0.05, 0.1) is 17.0 Å². The van der Waals surface area contributed by atoms with Crippen LogP contribution in [-0.2, 0) is 9.59 Å². The van der Waals surface area contributed by atoms with Crippen LogP contribution >= 0.6 is 11.6 Å². The number of carboxylic acids is 1. The Morgan fingerprint density at radius 2 is 2.00 bits per heavy atom. The molecule has 0 aliphatic carbocycles. The lowest BCUT2D eigenvalue weighted by atomic mass is 10.1. The van der Waals surface area contributed by atoms with Crippen molar-refractivity contribution in [2.45, 2.75) is 19.9 Å². The van der Waals surface area contributed by atoms with E-state index in [0.29, 0.717) is 10.8 Å². The van der Waals surface area contributed by atoms with Crippen LogP contribution in [0.1, 0.15) is 13.8 Å². The highest BCUT2D eigenvalue weighted by molar-refractivity contribution is 6.32. The maximum absolute atomic E-state index is 11.6. The largest absolute Gasteiger partial charge is 0.548 e. The summed E-state index contributed by atoms with van der Waals surface area (Å²) >= 11 is 5.85. The Morgan fingerprint density at radius 1 is 1.37 bits per heavy atom. The van der Waals surface area contributed by atoms with Crippen LogP contribution in [0.4, 0.5) is 0 Å². The van der Waals surface area contributed by atoms with E-state index in [1.54, 1.807) is 38.1 Å². The summed E-state index contributed by atoms with van der Waals surface area (Å²) in [7, 11) is 0. The predicted molar refractivity (Wildman–Crippen MR) is 68.7 cm³/mol. The molecule has 0 spiro atoms. The van der Waals surface area contributed by atoms with E-state index in [-0.39, 0.29) is 12.5 Å². The fraction of sp³-hybridized carbons (Fsp3) is 0.385. The number of benzene rings is 1. The molecule has 6 heteroatoms. The summed E-state index contributed by atoms with van der Waals surface area (Å²) in [5.74, 6) is -1.76. The summed E-state index contributed by atoms with van der Waals surface area (Å²) < 4.78 is 5.20. The molecule has 0 bridgehead atoms. The number of nitrogens with one attached hydrogen (secondary N) is 1. The van der Waals surface area contributed by atoms with Crippen molar-refractivity contribution < 1.29 is 19.4 Å². The second kappa shape index (κ2) is 6.99. The van der Waals surface area contributed by atoms with E-state index in [0.717, 1.165) is 0 Å². The van der Waals surface area contributed by atoms with Crippen LogP contribution < -0.4 is 15.2 Å². The molecule has 1 aromatic rings. The molecular weight excluding hydrogens is 270 g/mol. The number of hydrogen-bond acceptors (Lipinski definition) is 4. The van der Waals surface area contributed by atoms with Crippen LogP contribution in [0.15, 0.2) is 24.3 Å². The lowest BCUT2D eigenvalue weighted by Gasteiger charge is -2.23. The average molecular weight is 285 g/mol. The zero-order valence-electron chi connectivity index (χ0n) is 10.7. The van der Waals surface area contributed by atoms with Crippen molar-refractivity contribution in [3.63, 3.8) is 0 Å². The van der Waals surface area contributed by atoms with Gasteiger partial charge in [-0.2, -0.15) is 0 Å². The van der Waals surface area contributed by atoms with Crippen molar-refractivity contribution >= 4 is 23.5 Å². The van der Waals surface area contributed by atoms with Gasteiger partial charge in [-0.3, -0.25) is 4.79 Å². The van der Waals surface area contributed by atoms with E-state index in [9.17, 15) is 14.7 Å². The van der Waals surface area contributed by atoms with Crippen LogP contribution in [0.3, 0.4) is 0 Å². The first-order valence-electron chi connectivity index (χ1n) is 5.79. The number of carboxylic acid groups (broad SMARTS) is 1. The topological polar surface area (TPSA) is 78.5 Å². The van der Waals surface area contributed by atoms with Gasteiger partial charge in [0.15, 0.2) is 6.61 Å². The number of para-hydroxylation sites is 1. The zero-order valence-corrected chi connectivity index (χ0v) is 11.4. The van der Waals surface area contributed by atoms with Crippen LogP contribution in [0.5, 0.6) is 5.75 Å². The number of amides is 1. The van der Waals surface area contributed by atoms with E-state index in [2.05, 4.69) is 5.32 Å². The molecule has 0 radical (unpaired) electrons. The Morgan fingerprint density at radius 3 is 2.53 bits per heavy atom. The molecule has 19 heavy (non-hydrogen) atoms. The Labute approximate surface area is 116 Å². The van der Waals surface area contributed by atoms with E-state index < -0.39 is 17.9 Å². The molecule has 0 saturated heterocycles. The summed E-state index contributed by atoms with van der Waals surface area (Å²) in [6.07, 6.45) is 0. The van der Waals surface area contributed by atoms with Crippen molar-refractivity contribution in [3.8, 4) is 5.75 Å². The molecule has 0 saturated carbocycles. The molecule has 0 fully saturated rings. The lowest BCUT2D eigenvalue weighted by molar-refractivity contribution is -0.309. The minimum atomic E-state index is -1.32. The highest BCUT2D eigenvalue weighted by atomic mass is 35.5. The fourth-order valence-corrected chi connectivity index (χ4v) is 1.61. The van der Waals surface area contributed by atoms with Crippen molar-refractivity contribution in [3.05, 3.63) is 29.3 Å². The van der Waals surface area contributed by atoms with Crippen molar-refractivity contribution in [1.82, 2.24) is 5.32 Å². The molecule has 104 valence electrons. The third-order valence-electron chi connectivity index (χ3n) is 2.43. The molecule has 1 atom stereocenters. The average Bonchev–Trinajstić information content (AvgIpc) is 2.34. The van der Waals surface area contributed by atoms with Crippen LogP contribution in [0, 0.1) is 5.92 Å². The first-order chi connectivity index (χ1) is 8.91. The quantitative estimate of drug-likeness (QED) is 0.830. The molecular formula is C13H15ClNO4-. The van der Waals surface area contributed by atoms with Gasteiger partial charge in [0, 0.05) is 0 Å². The number of carbonyl (C=O) groups excluding carboxylic acids is 2. The van der Waals surface area contributed by atoms with Gasteiger partial charge in [-0.05, 0) is 18.1 Å². The number of carbonyl (C=O) groups is 2. The van der Waals surface area contributed by atoms with E-state index in [4.69, 9.17) is 16.3 Å². The van der Waals surface area contributed by atoms with Crippen molar-refractivity contribution in [2.24, 2.45) is 5.92 Å². The monoisotopic (exact) mass is 284 g/mol. The molecule has 0 heterocycles. The van der Waals surface area contributed by atoms with Crippen LogP contribution in [0.25, 0.3) is 0 Å². The number of halogens is 1. The molecule has 1 N–H and O–H groups in total. The molecule has 0 aliphatic rings. The normalized spacial score (nSPS) is 12.0. The number of rotatable bonds is 6. The van der Waals surface area contributed by atoms with Gasteiger partial charge in [0.2, 0.25) is 0 Å². The first kappa shape index (κ1) is 15.3. The highest BCUT2D eigenvalue weighted by Gasteiger charge is 2.17. The molecule has 0 aromatic heterocycles. The van der Waals surface area contributed by atoms with Gasteiger partial charge >= 0.3 is 0 Å². The van der Waals surface area contributed by atoms with E-state index in [1.807, 2.05) is 0 Å². The second-order valence-electron chi connectivity index (χ2n) is 4.33. The maximum atomic E-state index is 11.6. The smallest absolute Gasteiger partial charge is 0.258 e. The Balaban J connectivity index is 2.52. The van der Waals surface area contributed by atoms with Crippen LogP contribution in [-0.4, -0.2) is 24.5 Å². The van der Waals surface area contributed by atoms with E-state index in [1.165, 1.54) is 0 Å². The number of ether oxygens (including phenoxy) is 1. The minimum Gasteiger partial charge on any atom is -0.548 e. The highest BCUT2D eigenvalue weighted by Crippen LogP contribution is 2.22. The SMILES string of the molecule is CC(C)[C@@H](NC(=O)COc1ccccc1Cl)C(=O)[O-]. The summed E-state index contributed by atoms with van der Waals surface area (Å²) in [6.45, 7) is 3.05. The van der Waals surface area contributed by atoms with Gasteiger partial charge in [-0.1, -0.05) is 37.6 Å². The molecule has 0 unspecified atom stereocenters. The van der Waals surface area contributed by atoms with Gasteiger partial charge in [-0.15, -0.1) is 0 Å². The molecule has 1 amide bonds. The Bertz CT molecular complexity index is 462. The maximum Gasteiger partial charge on any atom is 0.258 e. The number of hydrogen-bond donors (Lipinski definition) is 1. The Kier molecular flexibility index (Phi) is 5.63. The van der Waals surface area contributed by atoms with E-state index >= 15 is 0 Å². The minimum absolute atomic E-state index is 0.269.